The molecule has 0 unspecified atom stereocenters. The molecule has 7 heteroatoms. The van der Waals surface area contributed by atoms with E-state index < -0.39 is 12.1 Å². The zero-order valence-electron chi connectivity index (χ0n) is 12.6. The van der Waals surface area contributed by atoms with Crippen molar-refractivity contribution in [2.45, 2.75) is 12.5 Å². The molecule has 1 fully saturated rings. The summed E-state index contributed by atoms with van der Waals surface area (Å²) in [4.78, 5) is 28.7. The molecule has 1 atom stereocenters. The lowest BCUT2D eigenvalue weighted by Gasteiger charge is -2.14. The minimum atomic E-state index is -0.687. The quantitative estimate of drug-likeness (QED) is 0.789. The fourth-order valence-electron chi connectivity index (χ4n) is 2.46. The Bertz CT molecular complexity index is 772. The number of ether oxygens (including phenoxy) is 1. The van der Waals surface area contributed by atoms with Crippen molar-refractivity contribution in [3.8, 4) is 0 Å². The number of hydroxylamine groups is 2. The van der Waals surface area contributed by atoms with Crippen molar-refractivity contribution < 1.29 is 19.2 Å². The molecular formula is C16H17N3O4. The van der Waals surface area contributed by atoms with Gasteiger partial charge in [0.05, 0.1) is 13.7 Å². The number of hydrogen-bond acceptors (Lipinski definition) is 5. The van der Waals surface area contributed by atoms with E-state index in [4.69, 9.17) is 9.57 Å². The molecule has 3 rings (SSSR count). The molecule has 0 bridgehead atoms. The average molecular weight is 315 g/mol. The molecule has 23 heavy (non-hydrogen) atoms. The van der Waals surface area contributed by atoms with Crippen LogP contribution in [0, 0.1) is 0 Å². The topological polar surface area (TPSA) is 79.9 Å². The van der Waals surface area contributed by atoms with Gasteiger partial charge in [-0.15, -0.1) is 0 Å². The summed E-state index contributed by atoms with van der Waals surface area (Å²) in [6.45, 7) is 0.443. The Morgan fingerprint density at radius 2 is 2.09 bits per heavy atom. The minimum Gasteiger partial charge on any atom is -0.393 e. The third-order valence-corrected chi connectivity index (χ3v) is 3.66. The summed E-state index contributed by atoms with van der Waals surface area (Å²) >= 11 is 0. The first-order valence-electron chi connectivity index (χ1n) is 7.25. The second-order valence-electron chi connectivity index (χ2n) is 5.11. The molecule has 0 aliphatic carbocycles. The molecule has 120 valence electrons. The first-order valence-corrected chi connectivity index (χ1v) is 7.25. The number of nitrogens with one attached hydrogen (secondary N) is 2. The lowest BCUT2D eigenvalue weighted by molar-refractivity contribution is -0.168. The fraction of sp³-hybridized carbons (Fsp3) is 0.250. The zero-order valence-corrected chi connectivity index (χ0v) is 12.6. The number of hydrogen-bond donors (Lipinski definition) is 2. The van der Waals surface area contributed by atoms with E-state index in [2.05, 4.69) is 10.6 Å². The number of fused-ring (bicyclic) bond motifs is 1. The lowest BCUT2D eigenvalue weighted by atomic mass is 10.2. The summed E-state index contributed by atoms with van der Waals surface area (Å²) < 4.78 is 5.21. The highest BCUT2D eigenvalue weighted by Crippen LogP contribution is 2.11. The SMILES string of the molecule is CON1CC[C@@H](NC(=O)OC2=CC=c3ccccc3=CN2)C1=O. The summed E-state index contributed by atoms with van der Waals surface area (Å²) in [6.07, 6.45) is 5.07. The Balaban J connectivity index is 1.62. The summed E-state index contributed by atoms with van der Waals surface area (Å²) in [5, 5.41) is 8.69. The molecular weight excluding hydrogens is 298 g/mol. The van der Waals surface area contributed by atoms with Gasteiger partial charge in [-0.3, -0.25) is 9.63 Å². The third kappa shape index (κ3) is 3.35. The smallest absolute Gasteiger partial charge is 0.393 e. The standard InChI is InChI=1S/C16H17N3O4/c1-22-19-9-8-13(15(19)20)18-16(21)23-14-7-6-11-4-2-3-5-12(11)10-17-14/h2-7,10,13,17H,8-9H2,1H3,(H,18,21)/t13-/m1/s1. The van der Waals surface area contributed by atoms with Crippen molar-refractivity contribution in [2.24, 2.45) is 0 Å². The molecule has 0 spiro atoms. The van der Waals surface area contributed by atoms with Gasteiger partial charge in [0.2, 0.25) is 5.88 Å². The molecule has 0 radical (unpaired) electrons. The number of allylic oxidation sites excluding steroid dienone is 1. The third-order valence-electron chi connectivity index (χ3n) is 3.66. The van der Waals surface area contributed by atoms with Gasteiger partial charge >= 0.3 is 6.09 Å². The number of carbonyl (C=O) groups is 2. The Kier molecular flexibility index (Phi) is 4.29. The van der Waals surface area contributed by atoms with Gasteiger partial charge in [0.15, 0.2) is 0 Å². The number of alkyl carbamates (subject to hydrolysis) is 1. The van der Waals surface area contributed by atoms with Crippen LogP contribution in [-0.4, -0.2) is 36.8 Å². The largest absolute Gasteiger partial charge is 0.414 e. The fourth-order valence-corrected chi connectivity index (χ4v) is 2.46. The van der Waals surface area contributed by atoms with Crippen LogP contribution in [0.1, 0.15) is 6.42 Å². The van der Waals surface area contributed by atoms with Gasteiger partial charge in [-0.2, -0.15) is 0 Å². The molecule has 2 aliphatic rings. The van der Waals surface area contributed by atoms with E-state index in [1.807, 2.05) is 30.3 Å². The van der Waals surface area contributed by atoms with Gasteiger partial charge in [-0.1, -0.05) is 24.3 Å². The molecule has 1 aromatic carbocycles. The van der Waals surface area contributed by atoms with Crippen LogP contribution in [0.15, 0.2) is 36.2 Å². The Labute approximate surface area is 132 Å². The van der Waals surface area contributed by atoms with E-state index in [-0.39, 0.29) is 11.8 Å². The van der Waals surface area contributed by atoms with E-state index in [9.17, 15) is 9.59 Å². The van der Waals surface area contributed by atoms with E-state index in [0.717, 1.165) is 10.4 Å². The highest BCUT2D eigenvalue weighted by atomic mass is 16.7. The van der Waals surface area contributed by atoms with Crippen LogP contribution in [0.2, 0.25) is 0 Å². The summed E-state index contributed by atoms with van der Waals surface area (Å²) in [5.74, 6) is 0.00512. The molecule has 7 nitrogen and oxygen atoms in total. The van der Waals surface area contributed by atoms with Crippen molar-refractivity contribution >= 4 is 24.3 Å². The lowest BCUT2D eigenvalue weighted by Crippen LogP contribution is -2.41. The molecule has 2 aliphatic heterocycles. The first-order chi connectivity index (χ1) is 11.2. The Morgan fingerprint density at radius 1 is 1.30 bits per heavy atom. The van der Waals surface area contributed by atoms with Crippen molar-refractivity contribution in [1.29, 1.82) is 0 Å². The Hall–Kier alpha value is -2.80. The Morgan fingerprint density at radius 3 is 2.83 bits per heavy atom. The number of amides is 2. The minimum absolute atomic E-state index is 0.280. The number of benzene rings is 1. The van der Waals surface area contributed by atoms with Crippen LogP contribution in [-0.2, 0) is 14.4 Å². The second kappa shape index (κ2) is 6.53. The molecule has 2 amide bonds. The molecule has 0 aromatic heterocycles. The average Bonchev–Trinajstić information content (AvgIpc) is 2.78. The van der Waals surface area contributed by atoms with Gasteiger partial charge in [0.1, 0.15) is 6.04 Å². The van der Waals surface area contributed by atoms with Gasteiger partial charge < -0.3 is 15.4 Å². The maximum atomic E-state index is 11.9. The second-order valence-corrected chi connectivity index (χ2v) is 5.11. The van der Waals surface area contributed by atoms with Crippen molar-refractivity contribution in [3.05, 3.63) is 46.7 Å². The summed E-state index contributed by atoms with van der Waals surface area (Å²) in [5.41, 5.74) is 0. The summed E-state index contributed by atoms with van der Waals surface area (Å²) in [7, 11) is 1.42. The summed E-state index contributed by atoms with van der Waals surface area (Å²) in [6, 6.07) is 7.15. The van der Waals surface area contributed by atoms with Crippen molar-refractivity contribution in [1.82, 2.24) is 15.7 Å². The monoisotopic (exact) mass is 315 g/mol. The first kappa shape index (κ1) is 15.1. The highest BCUT2D eigenvalue weighted by Gasteiger charge is 2.33. The van der Waals surface area contributed by atoms with Crippen LogP contribution in [0.3, 0.4) is 0 Å². The van der Waals surface area contributed by atoms with Gasteiger partial charge in [0.25, 0.3) is 5.91 Å². The van der Waals surface area contributed by atoms with E-state index >= 15 is 0 Å². The van der Waals surface area contributed by atoms with Crippen LogP contribution in [0.5, 0.6) is 0 Å². The van der Waals surface area contributed by atoms with Gasteiger partial charge in [-0.25, -0.2) is 9.86 Å². The van der Waals surface area contributed by atoms with Crippen molar-refractivity contribution in [2.75, 3.05) is 13.7 Å². The number of nitrogens with zero attached hydrogens (tertiary/aromatic N) is 1. The van der Waals surface area contributed by atoms with E-state index in [0.29, 0.717) is 13.0 Å². The van der Waals surface area contributed by atoms with Gasteiger partial charge in [0, 0.05) is 6.20 Å². The van der Waals surface area contributed by atoms with Crippen molar-refractivity contribution in [3.63, 3.8) is 0 Å². The van der Waals surface area contributed by atoms with E-state index in [1.54, 1.807) is 12.3 Å². The predicted octanol–water partition coefficient (Wildman–Crippen LogP) is -0.462. The van der Waals surface area contributed by atoms with Crippen LogP contribution in [0.25, 0.3) is 12.3 Å². The van der Waals surface area contributed by atoms with Crippen LogP contribution < -0.4 is 21.1 Å². The maximum absolute atomic E-state index is 11.9. The predicted molar refractivity (Wildman–Crippen MR) is 82.6 cm³/mol. The van der Waals surface area contributed by atoms with E-state index in [1.165, 1.54) is 12.2 Å². The maximum Gasteiger partial charge on any atom is 0.414 e. The normalized spacial score (nSPS) is 19.5. The molecule has 2 heterocycles. The molecule has 1 aromatic rings. The highest BCUT2D eigenvalue weighted by molar-refractivity contribution is 5.86. The van der Waals surface area contributed by atoms with Gasteiger partial charge in [-0.05, 0) is 29.0 Å². The molecule has 2 N–H and O–H groups in total. The van der Waals surface area contributed by atoms with Crippen LogP contribution >= 0.6 is 0 Å². The van der Waals surface area contributed by atoms with Crippen LogP contribution in [0.4, 0.5) is 4.79 Å². The molecule has 0 saturated carbocycles. The molecule has 1 saturated heterocycles. The number of carbonyl (C=O) groups excluding carboxylic acids is 2. The number of rotatable bonds is 3. The zero-order chi connectivity index (χ0) is 16.2.